The molecule has 1 aromatic heterocycles. The summed E-state index contributed by atoms with van der Waals surface area (Å²) in [6.45, 7) is 3.23. The molecule has 0 saturated heterocycles. The molecule has 76 valence electrons. The molecule has 0 aliphatic rings. The predicted octanol–water partition coefficient (Wildman–Crippen LogP) is 2.86. The molecule has 0 radical (unpaired) electrons. The van der Waals surface area contributed by atoms with Crippen molar-refractivity contribution in [2.24, 2.45) is 0 Å². The number of hydrogen-bond donors (Lipinski definition) is 1. The smallest absolute Gasteiger partial charge is 0.313 e. The van der Waals surface area contributed by atoms with Crippen LogP contribution >= 0.6 is 27.5 Å². The van der Waals surface area contributed by atoms with E-state index in [4.69, 9.17) is 16.7 Å². The van der Waals surface area contributed by atoms with Crippen LogP contribution in [0, 0.1) is 0 Å². The number of halogens is 2. The number of aromatic nitrogens is 1. The largest absolute Gasteiger partial charge is 0.481 e. The second kappa shape index (κ2) is 3.87. The van der Waals surface area contributed by atoms with Crippen molar-refractivity contribution in [3.05, 3.63) is 27.5 Å². The minimum atomic E-state index is -0.981. The summed E-state index contributed by atoms with van der Waals surface area (Å²) in [5.41, 5.74) is -0.365. The molecule has 0 spiro atoms. The summed E-state index contributed by atoms with van der Waals surface area (Å²) in [6, 6.07) is 1.64. The number of carboxylic acids is 1. The van der Waals surface area contributed by atoms with Crippen LogP contribution in [0.1, 0.15) is 19.4 Å². The molecule has 5 heteroatoms. The average molecular weight is 279 g/mol. The Hall–Kier alpha value is -0.610. The number of carboxylic acid groups (broad SMARTS) is 1. The predicted molar refractivity (Wildman–Crippen MR) is 57.6 cm³/mol. The van der Waals surface area contributed by atoms with Gasteiger partial charge in [0.05, 0.1) is 9.89 Å². The molecule has 0 fully saturated rings. The quantitative estimate of drug-likeness (QED) is 0.846. The van der Waals surface area contributed by atoms with E-state index in [0.29, 0.717) is 10.0 Å². The summed E-state index contributed by atoms with van der Waals surface area (Å²) in [4.78, 5) is 14.8. The maximum absolute atomic E-state index is 11.0. The zero-order chi connectivity index (χ0) is 10.9. The number of aliphatic carboxylic acids is 1. The number of rotatable bonds is 2. The molecule has 14 heavy (non-hydrogen) atoms. The molecule has 0 bridgehead atoms. The first-order valence-corrected chi connectivity index (χ1v) is 5.08. The van der Waals surface area contributed by atoms with E-state index < -0.39 is 11.4 Å². The number of nitrogens with zero attached hydrogens (tertiary/aromatic N) is 1. The second-order valence-electron chi connectivity index (χ2n) is 3.39. The lowest BCUT2D eigenvalue weighted by Gasteiger charge is -2.21. The molecule has 0 aliphatic heterocycles. The monoisotopic (exact) mass is 277 g/mol. The first-order valence-electron chi connectivity index (χ1n) is 3.91. The molecular weight excluding hydrogens is 269 g/mol. The Balaban J connectivity index is 3.33. The van der Waals surface area contributed by atoms with Crippen molar-refractivity contribution in [3.8, 4) is 0 Å². The standard InChI is InChI=1S/C9H9BrClNO2/c1-9(2,8(13)14)5-3-4-12-7(11)6(5)10/h3-4H,1-2H3,(H,13,14). The van der Waals surface area contributed by atoms with Crippen LogP contribution in [0.15, 0.2) is 16.7 Å². The lowest BCUT2D eigenvalue weighted by Crippen LogP contribution is -2.29. The third-order valence-electron chi connectivity index (χ3n) is 2.05. The minimum absolute atomic E-state index is 0.275. The molecule has 0 unspecified atom stereocenters. The summed E-state index contributed by atoms with van der Waals surface area (Å²) in [6.07, 6.45) is 1.49. The van der Waals surface area contributed by atoms with Crippen molar-refractivity contribution >= 4 is 33.5 Å². The first-order chi connectivity index (χ1) is 6.37. The van der Waals surface area contributed by atoms with Gasteiger partial charge in [-0.2, -0.15) is 0 Å². The Morgan fingerprint density at radius 3 is 2.71 bits per heavy atom. The van der Waals surface area contributed by atoms with Crippen LogP contribution in [0.5, 0.6) is 0 Å². The molecule has 1 rings (SSSR count). The van der Waals surface area contributed by atoms with Gasteiger partial charge in [0, 0.05) is 6.20 Å². The first kappa shape index (κ1) is 11.5. The third-order valence-corrected chi connectivity index (χ3v) is 3.37. The normalized spacial score (nSPS) is 11.4. The van der Waals surface area contributed by atoms with Gasteiger partial charge in [-0.25, -0.2) is 4.98 Å². The number of hydrogen-bond acceptors (Lipinski definition) is 2. The Kier molecular flexibility index (Phi) is 3.17. The Bertz CT molecular complexity index is 379. The van der Waals surface area contributed by atoms with Crippen LogP contribution < -0.4 is 0 Å². The molecule has 0 atom stereocenters. The molecule has 1 N–H and O–H groups in total. The highest BCUT2D eigenvalue weighted by Gasteiger charge is 2.32. The topological polar surface area (TPSA) is 50.2 Å². The SMILES string of the molecule is CC(C)(C(=O)O)c1ccnc(Cl)c1Br. The van der Waals surface area contributed by atoms with E-state index in [-0.39, 0.29) is 5.15 Å². The number of pyridine rings is 1. The van der Waals surface area contributed by atoms with Crippen LogP contribution in [0.2, 0.25) is 5.15 Å². The highest BCUT2D eigenvalue weighted by molar-refractivity contribution is 9.10. The fraction of sp³-hybridized carbons (Fsp3) is 0.333. The van der Waals surface area contributed by atoms with Crippen LogP contribution in [-0.4, -0.2) is 16.1 Å². The molecule has 1 heterocycles. The van der Waals surface area contributed by atoms with Crippen LogP contribution in [0.25, 0.3) is 0 Å². The zero-order valence-corrected chi connectivity index (χ0v) is 10.1. The third kappa shape index (κ3) is 1.91. The molecule has 0 aromatic carbocycles. The van der Waals surface area contributed by atoms with Gasteiger partial charge in [-0.05, 0) is 41.4 Å². The van der Waals surface area contributed by atoms with Crippen molar-refractivity contribution in [2.45, 2.75) is 19.3 Å². The highest BCUT2D eigenvalue weighted by Crippen LogP contribution is 2.33. The van der Waals surface area contributed by atoms with Gasteiger partial charge in [0.1, 0.15) is 5.15 Å². The van der Waals surface area contributed by atoms with E-state index in [2.05, 4.69) is 20.9 Å². The van der Waals surface area contributed by atoms with Crippen molar-refractivity contribution in [3.63, 3.8) is 0 Å². The summed E-state index contributed by atoms with van der Waals surface area (Å²) >= 11 is 9.00. The van der Waals surface area contributed by atoms with Crippen LogP contribution in [0.3, 0.4) is 0 Å². The summed E-state index contributed by atoms with van der Waals surface area (Å²) in [5.74, 6) is -0.902. The summed E-state index contributed by atoms with van der Waals surface area (Å²) in [5, 5.41) is 9.30. The van der Waals surface area contributed by atoms with E-state index in [1.165, 1.54) is 6.20 Å². The highest BCUT2D eigenvalue weighted by atomic mass is 79.9. The molecular formula is C9H9BrClNO2. The minimum Gasteiger partial charge on any atom is -0.481 e. The zero-order valence-electron chi connectivity index (χ0n) is 7.71. The summed E-state index contributed by atoms with van der Waals surface area (Å²) < 4.78 is 0.536. The van der Waals surface area contributed by atoms with Gasteiger partial charge >= 0.3 is 5.97 Å². The van der Waals surface area contributed by atoms with Gasteiger partial charge in [-0.1, -0.05) is 11.6 Å². The molecule has 1 aromatic rings. The lowest BCUT2D eigenvalue weighted by molar-refractivity contribution is -0.142. The van der Waals surface area contributed by atoms with Crippen molar-refractivity contribution in [1.29, 1.82) is 0 Å². The van der Waals surface area contributed by atoms with E-state index in [1.807, 2.05) is 0 Å². The van der Waals surface area contributed by atoms with Gasteiger partial charge in [0.2, 0.25) is 0 Å². The van der Waals surface area contributed by atoms with Crippen LogP contribution in [-0.2, 0) is 10.2 Å². The van der Waals surface area contributed by atoms with Gasteiger partial charge in [0.15, 0.2) is 0 Å². The summed E-state index contributed by atoms with van der Waals surface area (Å²) in [7, 11) is 0. The second-order valence-corrected chi connectivity index (χ2v) is 4.54. The van der Waals surface area contributed by atoms with E-state index in [1.54, 1.807) is 19.9 Å². The Morgan fingerprint density at radius 2 is 2.21 bits per heavy atom. The Morgan fingerprint density at radius 1 is 1.64 bits per heavy atom. The van der Waals surface area contributed by atoms with Gasteiger partial charge in [-0.15, -0.1) is 0 Å². The molecule has 0 amide bonds. The lowest BCUT2D eigenvalue weighted by atomic mass is 9.85. The van der Waals surface area contributed by atoms with Gasteiger partial charge in [-0.3, -0.25) is 4.79 Å². The number of carbonyl (C=O) groups is 1. The average Bonchev–Trinajstić information content (AvgIpc) is 2.09. The van der Waals surface area contributed by atoms with Crippen molar-refractivity contribution in [1.82, 2.24) is 4.98 Å². The van der Waals surface area contributed by atoms with E-state index in [9.17, 15) is 4.79 Å². The fourth-order valence-corrected chi connectivity index (χ4v) is 1.90. The van der Waals surface area contributed by atoms with Gasteiger partial charge < -0.3 is 5.11 Å². The van der Waals surface area contributed by atoms with Gasteiger partial charge in [0.25, 0.3) is 0 Å². The Labute approximate surface area is 95.2 Å². The van der Waals surface area contributed by atoms with Crippen LogP contribution in [0.4, 0.5) is 0 Å². The maximum atomic E-state index is 11.0. The van der Waals surface area contributed by atoms with Crippen molar-refractivity contribution < 1.29 is 9.90 Å². The molecule has 3 nitrogen and oxygen atoms in total. The molecule has 0 saturated carbocycles. The maximum Gasteiger partial charge on any atom is 0.313 e. The van der Waals surface area contributed by atoms with E-state index >= 15 is 0 Å². The van der Waals surface area contributed by atoms with Crippen molar-refractivity contribution in [2.75, 3.05) is 0 Å². The fourth-order valence-electron chi connectivity index (χ4n) is 1.02. The molecule has 0 aliphatic carbocycles. The van der Waals surface area contributed by atoms with E-state index in [0.717, 1.165) is 0 Å².